The van der Waals surface area contributed by atoms with Gasteiger partial charge in [-0.2, -0.15) is 0 Å². The number of rotatable bonds is 3. The van der Waals surface area contributed by atoms with Crippen molar-refractivity contribution in [3.8, 4) is 11.1 Å². The van der Waals surface area contributed by atoms with Gasteiger partial charge in [0.2, 0.25) is 0 Å². The van der Waals surface area contributed by atoms with Crippen molar-refractivity contribution in [3.05, 3.63) is 114 Å². The molecule has 0 spiro atoms. The summed E-state index contributed by atoms with van der Waals surface area (Å²) in [4.78, 5) is 0. The van der Waals surface area contributed by atoms with Crippen molar-refractivity contribution in [3.63, 3.8) is 0 Å². The molecule has 4 aromatic carbocycles. The van der Waals surface area contributed by atoms with Gasteiger partial charge in [-0.25, -0.2) is 0 Å². The SMILES string of the molecule is C[Si](c1ccccc1)(c1ccccc1)C1c2ccccc2-c2ccc[c]([Ti+3])c21.[Cl-].[Cl-].[Cl-]. The molecule has 0 nitrogen and oxygen atoms in total. The topological polar surface area (TPSA) is 0 Å². The van der Waals surface area contributed by atoms with Gasteiger partial charge in [0.1, 0.15) is 0 Å². The molecular weight excluding hydrogens is 495 g/mol. The minimum atomic E-state index is -2.10. The van der Waals surface area contributed by atoms with E-state index >= 15 is 0 Å². The Bertz CT molecular complexity index is 1110. The molecule has 0 aromatic heterocycles. The van der Waals surface area contributed by atoms with Crippen molar-refractivity contribution in [2.45, 2.75) is 12.1 Å². The molecule has 1 aliphatic carbocycles. The van der Waals surface area contributed by atoms with Gasteiger partial charge in [0.15, 0.2) is 0 Å². The second-order valence-corrected chi connectivity index (χ2v) is 12.7. The van der Waals surface area contributed by atoms with Crippen LogP contribution in [-0.2, 0) is 20.4 Å². The first-order valence-electron chi connectivity index (χ1n) is 9.76. The Kier molecular flexibility index (Phi) is 8.81. The largest absolute Gasteiger partial charge is 1.00 e. The van der Waals surface area contributed by atoms with Crippen LogP contribution in [0.2, 0.25) is 6.55 Å². The third-order valence-electron chi connectivity index (χ3n) is 6.28. The first kappa shape index (κ1) is 25.9. The average Bonchev–Trinajstić information content (AvgIpc) is 3.11. The maximum atomic E-state index is 2.56. The van der Waals surface area contributed by atoms with Gasteiger partial charge in [-0.15, -0.1) is 0 Å². The van der Waals surface area contributed by atoms with Crippen molar-refractivity contribution in [1.82, 2.24) is 0 Å². The van der Waals surface area contributed by atoms with Gasteiger partial charge >= 0.3 is 180 Å². The van der Waals surface area contributed by atoms with Crippen LogP contribution in [-0.4, -0.2) is 8.07 Å². The van der Waals surface area contributed by atoms with Crippen LogP contribution in [0.3, 0.4) is 0 Å². The predicted molar refractivity (Wildman–Crippen MR) is 117 cm³/mol. The fourth-order valence-corrected chi connectivity index (χ4v) is 10.3. The quantitative estimate of drug-likeness (QED) is 0.241. The van der Waals surface area contributed by atoms with Crippen LogP contribution >= 0.6 is 0 Å². The predicted octanol–water partition coefficient (Wildman–Crippen LogP) is -4.58. The molecule has 0 heterocycles. The summed E-state index contributed by atoms with van der Waals surface area (Å²) in [6, 6.07) is 38.3. The van der Waals surface area contributed by atoms with Gasteiger partial charge in [0, 0.05) is 0 Å². The van der Waals surface area contributed by atoms with Gasteiger partial charge in [0.05, 0.1) is 0 Å². The number of hydrogen-bond acceptors (Lipinski definition) is 0. The van der Waals surface area contributed by atoms with E-state index in [0.717, 1.165) is 0 Å². The molecule has 5 rings (SSSR count). The molecule has 4 aromatic rings. The molecular formula is C26H21Cl3SiTi. The molecule has 0 N–H and O–H groups in total. The maximum Gasteiger partial charge on any atom is -1.00 e. The molecule has 0 bridgehead atoms. The number of fused-ring (bicyclic) bond motifs is 3. The standard InChI is InChI=1S/C26H21Si.3ClH.Ti/c1-27(20-12-4-2-5-13-20,21-14-6-3-7-15-21)26-24-18-10-8-16-22(24)23-17-9-11-19-25(23)26;;;;/h2-18,26H,1H3;3*1H;/q;;;;+3/p-3. The molecule has 1 atom stereocenters. The van der Waals surface area contributed by atoms with E-state index in [4.69, 9.17) is 0 Å². The number of benzene rings is 4. The summed E-state index contributed by atoms with van der Waals surface area (Å²) in [6.45, 7) is 2.56. The molecule has 5 heteroatoms. The fraction of sp³-hybridized carbons (Fsp3) is 0.0769. The van der Waals surface area contributed by atoms with E-state index in [1.54, 1.807) is 0 Å². The smallest absolute Gasteiger partial charge is 1.00 e. The number of hydrogen-bond donors (Lipinski definition) is 0. The second-order valence-electron chi connectivity index (χ2n) is 7.72. The van der Waals surface area contributed by atoms with Crippen LogP contribution in [0.5, 0.6) is 0 Å². The summed E-state index contributed by atoms with van der Waals surface area (Å²) in [7, 11) is -2.10. The molecule has 1 unspecified atom stereocenters. The van der Waals surface area contributed by atoms with Gasteiger partial charge < -0.3 is 37.2 Å². The van der Waals surface area contributed by atoms with Gasteiger partial charge in [0.25, 0.3) is 0 Å². The van der Waals surface area contributed by atoms with Crippen molar-refractivity contribution < 1.29 is 57.7 Å². The van der Waals surface area contributed by atoms with E-state index in [2.05, 4.69) is 130 Å². The van der Waals surface area contributed by atoms with Gasteiger partial charge in [-0.3, -0.25) is 0 Å². The third-order valence-corrected chi connectivity index (χ3v) is 11.8. The van der Waals surface area contributed by atoms with E-state index in [0.29, 0.717) is 5.54 Å². The van der Waals surface area contributed by atoms with E-state index in [9.17, 15) is 0 Å². The number of halogens is 3. The van der Waals surface area contributed by atoms with Crippen LogP contribution in [0.25, 0.3) is 11.1 Å². The van der Waals surface area contributed by atoms with Crippen molar-refractivity contribution in [1.29, 1.82) is 0 Å². The second kappa shape index (κ2) is 10.5. The Morgan fingerprint density at radius 1 is 0.581 bits per heavy atom. The molecule has 1 aliphatic rings. The zero-order chi connectivity index (χ0) is 19.1. The van der Waals surface area contributed by atoms with E-state index in [1.165, 1.54) is 36.5 Å². The monoisotopic (exact) mass is 514 g/mol. The minimum absolute atomic E-state index is 0. The Hall–Kier alpha value is -1.32. The summed E-state index contributed by atoms with van der Waals surface area (Å²) in [5.74, 6) is 0. The molecule has 0 aliphatic heterocycles. The van der Waals surface area contributed by atoms with Gasteiger partial charge in [-0.1, -0.05) is 0 Å². The zero-order valence-corrected chi connectivity index (χ0v) is 21.9. The minimum Gasteiger partial charge on any atom is -1.00 e. The van der Waals surface area contributed by atoms with E-state index in [1.807, 2.05) is 0 Å². The normalized spacial score (nSPS) is 13.7. The van der Waals surface area contributed by atoms with Gasteiger partial charge in [-0.05, 0) is 0 Å². The summed E-state index contributed by atoms with van der Waals surface area (Å²) in [6.07, 6.45) is 0. The zero-order valence-electron chi connectivity index (χ0n) is 17.0. The molecule has 0 saturated carbocycles. The molecule has 154 valence electrons. The Balaban J connectivity index is 0.00000114. The molecule has 0 amide bonds. The molecule has 31 heavy (non-hydrogen) atoms. The van der Waals surface area contributed by atoms with Crippen LogP contribution in [0, 0.1) is 0 Å². The Morgan fingerprint density at radius 3 is 1.65 bits per heavy atom. The van der Waals surface area contributed by atoms with Crippen LogP contribution in [0.4, 0.5) is 0 Å². The Labute approximate surface area is 216 Å². The summed E-state index contributed by atoms with van der Waals surface area (Å²) in [5.41, 5.74) is 6.28. The summed E-state index contributed by atoms with van der Waals surface area (Å²) in [5, 5.41) is 2.99. The van der Waals surface area contributed by atoms with Crippen molar-refractivity contribution in [2.75, 3.05) is 0 Å². The van der Waals surface area contributed by atoms with Crippen molar-refractivity contribution in [2.24, 2.45) is 0 Å². The van der Waals surface area contributed by atoms with Crippen LogP contribution in [0.15, 0.2) is 103 Å². The van der Waals surface area contributed by atoms with Crippen LogP contribution < -0.4 is 51.5 Å². The Morgan fingerprint density at radius 2 is 1.06 bits per heavy atom. The van der Waals surface area contributed by atoms with Crippen molar-refractivity contribution >= 4 is 22.3 Å². The molecule has 0 fully saturated rings. The van der Waals surface area contributed by atoms with E-state index in [-0.39, 0.29) is 37.2 Å². The van der Waals surface area contributed by atoms with E-state index < -0.39 is 8.07 Å². The fourth-order valence-electron chi connectivity index (χ4n) is 4.93. The molecule has 0 saturated heterocycles. The average molecular weight is 516 g/mol. The molecule has 0 radical (unpaired) electrons. The summed E-state index contributed by atoms with van der Waals surface area (Å²) >= 11 is 2.28. The first-order chi connectivity index (χ1) is 13.7. The summed E-state index contributed by atoms with van der Waals surface area (Å²) < 4.78 is 1.41. The van der Waals surface area contributed by atoms with Crippen LogP contribution in [0.1, 0.15) is 16.7 Å². The first-order valence-corrected chi connectivity index (χ1v) is 13.1. The third kappa shape index (κ3) is 4.21. The maximum absolute atomic E-state index is 2.56.